The molecule has 0 spiro atoms. The lowest BCUT2D eigenvalue weighted by atomic mass is 10.2. The lowest BCUT2D eigenvalue weighted by Gasteiger charge is -2.23. The van der Waals surface area contributed by atoms with E-state index in [0.29, 0.717) is 12.5 Å². The molecule has 0 saturated heterocycles. The molecule has 0 fully saturated rings. The van der Waals surface area contributed by atoms with Gasteiger partial charge < -0.3 is 0 Å². The van der Waals surface area contributed by atoms with E-state index >= 15 is 0 Å². The van der Waals surface area contributed by atoms with Crippen molar-refractivity contribution in [3.8, 4) is 0 Å². The van der Waals surface area contributed by atoms with Crippen LogP contribution in [0.25, 0.3) is 0 Å². The Morgan fingerprint density at radius 3 is 3.00 bits per heavy atom. The molecule has 1 rings (SSSR count). The second kappa shape index (κ2) is 6.62. The first-order chi connectivity index (χ1) is 7.65. The molecule has 1 aromatic heterocycles. The van der Waals surface area contributed by atoms with Gasteiger partial charge in [-0.15, -0.1) is 11.3 Å². The monoisotopic (exact) mass is 241 g/mol. The molecule has 1 atom stereocenters. The Balaban J connectivity index is 2.30. The molecule has 0 aromatic carbocycles. The van der Waals surface area contributed by atoms with Crippen LogP contribution in [0.4, 0.5) is 0 Å². The van der Waals surface area contributed by atoms with E-state index in [0.717, 1.165) is 13.0 Å². The van der Waals surface area contributed by atoms with Gasteiger partial charge in [0, 0.05) is 17.3 Å². The van der Waals surface area contributed by atoms with Crippen LogP contribution in [-0.4, -0.2) is 24.4 Å². The molecular formula is C11H19N3OS. The Morgan fingerprint density at radius 1 is 1.69 bits per heavy atom. The van der Waals surface area contributed by atoms with Crippen molar-refractivity contribution >= 4 is 17.2 Å². The van der Waals surface area contributed by atoms with E-state index in [-0.39, 0.29) is 5.91 Å². The van der Waals surface area contributed by atoms with Crippen LogP contribution in [0.5, 0.6) is 0 Å². The number of nitrogens with one attached hydrogen (secondary N) is 1. The number of amides is 1. The Labute approximate surface area is 100 Å². The number of carbonyl (C=O) groups is 1. The van der Waals surface area contributed by atoms with E-state index in [2.05, 4.69) is 41.8 Å². The summed E-state index contributed by atoms with van der Waals surface area (Å²) >= 11 is 1.76. The number of nitrogens with zero attached hydrogens (tertiary/aromatic N) is 1. The van der Waals surface area contributed by atoms with E-state index in [1.807, 2.05) is 0 Å². The van der Waals surface area contributed by atoms with Gasteiger partial charge in [-0.3, -0.25) is 15.1 Å². The summed E-state index contributed by atoms with van der Waals surface area (Å²) in [4.78, 5) is 14.5. The van der Waals surface area contributed by atoms with Crippen LogP contribution >= 0.6 is 11.3 Å². The molecule has 90 valence electrons. The maximum Gasteiger partial charge on any atom is 0.233 e. The van der Waals surface area contributed by atoms with Crippen LogP contribution in [0, 0.1) is 0 Å². The number of nitrogens with two attached hydrogens (primary N) is 1. The van der Waals surface area contributed by atoms with Gasteiger partial charge in [-0.2, -0.15) is 0 Å². The van der Waals surface area contributed by atoms with Crippen molar-refractivity contribution in [2.24, 2.45) is 5.84 Å². The number of rotatable bonds is 6. The third kappa shape index (κ3) is 3.92. The highest BCUT2D eigenvalue weighted by molar-refractivity contribution is 7.10. The van der Waals surface area contributed by atoms with Crippen molar-refractivity contribution in [1.82, 2.24) is 10.3 Å². The minimum atomic E-state index is -0.0998. The Kier molecular flexibility index (Phi) is 5.45. The maximum absolute atomic E-state index is 10.9. The van der Waals surface area contributed by atoms with Crippen LogP contribution < -0.4 is 11.3 Å². The fraction of sp³-hybridized carbons (Fsp3) is 0.545. The van der Waals surface area contributed by atoms with Gasteiger partial charge in [-0.25, -0.2) is 5.84 Å². The highest BCUT2D eigenvalue weighted by atomic mass is 32.1. The second-order valence-electron chi connectivity index (χ2n) is 3.84. The van der Waals surface area contributed by atoms with E-state index in [9.17, 15) is 4.79 Å². The van der Waals surface area contributed by atoms with Gasteiger partial charge in [-0.1, -0.05) is 6.07 Å². The van der Waals surface area contributed by atoms with Crippen LogP contribution in [-0.2, 0) is 4.79 Å². The summed E-state index contributed by atoms with van der Waals surface area (Å²) in [7, 11) is 2.07. The first kappa shape index (κ1) is 13.2. The summed E-state index contributed by atoms with van der Waals surface area (Å²) in [6.45, 7) is 3.07. The van der Waals surface area contributed by atoms with Crippen molar-refractivity contribution < 1.29 is 4.79 Å². The minimum Gasteiger partial charge on any atom is -0.299 e. The van der Waals surface area contributed by atoms with Crippen molar-refractivity contribution in [2.45, 2.75) is 25.8 Å². The van der Waals surface area contributed by atoms with Crippen molar-refractivity contribution in [3.05, 3.63) is 22.4 Å². The molecule has 1 aromatic rings. The number of hydrogen-bond acceptors (Lipinski definition) is 4. The Morgan fingerprint density at radius 2 is 2.44 bits per heavy atom. The molecule has 0 radical (unpaired) electrons. The molecule has 0 saturated carbocycles. The Bertz CT molecular complexity index is 313. The highest BCUT2D eigenvalue weighted by Gasteiger charge is 2.12. The molecule has 16 heavy (non-hydrogen) atoms. The standard InChI is InChI=1S/C11H19N3OS/c1-9(10-5-4-8-16-10)14(2)7-3-6-11(15)13-12/h4-5,8-9H,3,6-7,12H2,1-2H3,(H,13,15). The fourth-order valence-corrected chi connectivity index (χ4v) is 2.35. The van der Waals surface area contributed by atoms with Gasteiger partial charge in [0.05, 0.1) is 0 Å². The molecule has 0 bridgehead atoms. The van der Waals surface area contributed by atoms with Crippen LogP contribution in [0.2, 0.25) is 0 Å². The lowest BCUT2D eigenvalue weighted by Crippen LogP contribution is -2.31. The van der Waals surface area contributed by atoms with Crippen LogP contribution in [0.15, 0.2) is 17.5 Å². The van der Waals surface area contributed by atoms with E-state index < -0.39 is 0 Å². The number of thiophene rings is 1. The molecule has 0 aliphatic carbocycles. The third-order valence-electron chi connectivity index (χ3n) is 2.69. The molecule has 1 unspecified atom stereocenters. The molecule has 1 amide bonds. The van der Waals surface area contributed by atoms with Crippen molar-refractivity contribution in [3.63, 3.8) is 0 Å². The molecule has 3 N–H and O–H groups in total. The highest BCUT2D eigenvalue weighted by Crippen LogP contribution is 2.23. The summed E-state index contributed by atoms with van der Waals surface area (Å²) < 4.78 is 0. The zero-order valence-electron chi connectivity index (χ0n) is 9.77. The van der Waals surface area contributed by atoms with Crippen molar-refractivity contribution in [1.29, 1.82) is 0 Å². The van der Waals surface area contributed by atoms with Gasteiger partial charge in [0.25, 0.3) is 0 Å². The summed E-state index contributed by atoms with van der Waals surface area (Å²) in [6.07, 6.45) is 1.31. The quantitative estimate of drug-likeness (QED) is 0.451. The van der Waals surface area contributed by atoms with Gasteiger partial charge in [0.2, 0.25) is 5.91 Å². The first-order valence-corrected chi connectivity index (χ1v) is 6.26. The van der Waals surface area contributed by atoms with Gasteiger partial charge >= 0.3 is 0 Å². The average molecular weight is 241 g/mol. The SMILES string of the molecule is CC(c1cccs1)N(C)CCCC(=O)NN. The third-order valence-corrected chi connectivity index (χ3v) is 3.73. The minimum absolute atomic E-state index is 0.0998. The Hall–Kier alpha value is -0.910. The predicted molar refractivity (Wildman–Crippen MR) is 66.9 cm³/mol. The van der Waals surface area contributed by atoms with Gasteiger partial charge in [0.15, 0.2) is 0 Å². The number of hydrogen-bond donors (Lipinski definition) is 2. The number of carbonyl (C=O) groups excluding carboxylic acids is 1. The van der Waals surface area contributed by atoms with Crippen LogP contribution in [0.3, 0.4) is 0 Å². The van der Waals surface area contributed by atoms with Gasteiger partial charge in [0.1, 0.15) is 0 Å². The van der Waals surface area contributed by atoms with Crippen molar-refractivity contribution in [2.75, 3.05) is 13.6 Å². The summed E-state index contributed by atoms with van der Waals surface area (Å²) in [5.41, 5.74) is 2.14. The largest absolute Gasteiger partial charge is 0.299 e. The molecule has 5 heteroatoms. The summed E-state index contributed by atoms with van der Waals surface area (Å²) in [5.74, 6) is 4.91. The van der Waals surface area contributed by atoms with E-state index in [1.54, 1.807) is 11.3 Å². The molecular weight excluding hydrogens is 222 g/mol. The van der Waals surface area contributed by atoms with E-state index in [1.165, 1.54) is 4.88 Å². The zero-order valence-corrected chi connectivity index (χ0v) is 10.6. The van der Waals surface area contributed by atoms with Gasteiger partial charge in [-0.05, 0) is 38.4 Å². The molecule has 1 heterocycles. The van der Waals surface area contributed by atoms with E-state index in [4.69, 9.17) is 5.84 Å². The lowest BCUT2D eigenvalue weighted by molar-refractivity contribution is -0.121. The normalized spacial score (nSPS) is 12.8. The average Bonchev–Trinajstić information content (AvgIpc) is 2.81. The molecule has 4 nitrogen and oxygen atoms in total. The molecule has 0 aliphatic heterocycles. The maximum atomic E-state index is 10.9. The summed E-state index contributed by atoms with van der Waals surface area (Å²) in [5, 5.41) is 2.08. The second-order valence-corrected chi connectivity index (χ2v) is 4.82. The number of hydrazine groups is 1. The fourth-order valence-electron chi connectivity index (χ4n) is 1.50. The predicted octanol–water partition coefficient (Wildman–Crippen LogP) is 1.51. The zero-order chi connectivity index (χ0) is 12.0. The topological polar surface area (TPSA) is 58.4 Å². The molecule has 0 aliphatic rings. The van der Waals surface area contributed by atoms with Crippen LogP contribution in [0.1, 0.15) is 30.7 Å². The summed E-state index contributed by atoms with van der Waals surface area (Å²) in [6, 6.07) is 4.60. The smallest absolute Gasteiger partial charge is 0.233 e. The first-order valence-electron chi connectivity index (χ1n) is 5.38.